The van der Waals surface area contributed by atoms with Gasteiger partial charge in [0.25, 0.3) is 0 Å². The van der Waals surface area contributed by atoms with Crippen LogP contribution in [-0.2, 0) is 0 Å². The van der Waals surface area contributed by atoms with Crippen molar-refractivity contribution in [2.75, 3.05) is 7.05 Å². The van der Waals surface area contributed by atoms with E-state index in [1.165, 1.54) is 0 Å². The largest absolute Gasteiger partial charge is 0.295 e. The Morgan fingerprint density at radius 1 is 1.50 bits per heavy atom. The minimum absolute atomic E-state index is 0.0290. The standard InChI is InChI=1S/C12H20N2/c1-5-6-7-8-9-10-14-12(13-4)11(2)3/h5-6,8-10,12-13H,2,7H2,1,3-4H3/b6-5-,9-8-,14-10-. The summed E-state index contributed by atoms with van der Waals surface area (Å²) in [6.07, 6.45) is 10.9. The van der Waals surface area contributed by atoms with E-state index in [1.807, 2.05) is 33.0 Å². The minimum atomic E-state index is 0.0290. The zero-order valence-electron chi connectivity index (χ0n) is 9.33. The van der Waals surface area contributed by atoms with Crippen LogP contribution in [0.3, 0.4) is 0 Å². The summed E-state index contributed by atoms with van der Waals surface area (Å²) >= 11 is 0. The van der Waals surface area contributed by atoms with Gasteiger partial charge in [-0.15, -0.1) is 0 Å². The van der Waals surface area contributed by atoms with Gasteiger partial charge in [-0.1, -0.05) is 24.8 Å². The van der Waals surface area contributed by atoms with Crippen molar-refractivity contribution in [3.8, 4) is 0 Å². The maximum absolute atomic E-state index is 4.29. The Morgan fingerprint density at radius 3 is 2.71 bits per heavy atom. The Kier molecular flexibility index (Phi) is 7.75. The van der Waals surface area contributed by atoms with Gasteiger partial charge in [0.05, 0.1) is 0 Å². The molecule has 0 saturated heterocycles. The first-order valence-corrected chi connectivity index (χ1v) is 4.84. The van der Waals surface area contributed by atoms with Crippen LogP contribution in [0.1, 0.15) is 20.3 Å². The second-order valence-electron chi connectivity index (χ2n) is 3.07. The summed E-state index contributed by atoms with van der Waals surface area (Å²) in [6.45, 7) is 7.82. The SMILES string of the molecule is C=C(C)C(/N=C\C=C/C/C=C\C)NC. The van der Waals surface area contributed by atoms with E-state index in [0.29, 0.717) is 0 Å². The summed E-state index contributed by atoms with van der Waals surface area (Å²) in [6, 6.07) is 0. The van der Waals surface area contributed by atoms with E-state index in [2.05, 4.69) is 29.0 Å². The van der Waals surface area contributed by atoms with Crippen molar-refractivity contribution in [3.05, 3.63) is 36.5 Å². The molecule has 0 aliphatic rings. The van der Waals surface area contributed by atoms with Crippen LogP contribution in [0.5, 0.6) is 0 Å². The molecule has 0 amide bonds. The zero-order chi connectivity index (χ0) is 10.8. The molecule has 1 unspecified atom stereocenters. The van der Waals surface area contributed by atoms with Gasteiger partial charge in [-0.3, -0.25) is 10.3 Å². The van der Waals surface area contributed by atoms with E-state index >= 15 is 0 Å². The van der Waals surface area contributed by atoms with Gasteiger partial charge in [0.2, 0.25) is 0 Å². The Labute approximate surface area is 87.1 Å². The van der Waals surface area contributed by atoms with Crippen molar-refractivity contribution in [2.45, 2.75) is 26.4 Å². The van der Waals surface area contributed by atoms with Gasteiger partial charge >= 0.3 is 0 Å². The fourth-order valence-corrected chi connectivity index (χ4v) is 0.938. The second-order valence-corrected chi connectivity index (χ2v) is 3.07. The lowest BCUT2D eigenvalue weighted by Crippen LogP contribution is -2.23. The first kappa shape index (κ1) is 12.8. The summed E-state index contributed by atoms with van der Waals surface area (Å²) in [5.41, 5.74) is 1.02. The van der Waals surface area contributed by atoms with Gasteiger partial charge < -0.3 is 0 Å². The molecule has 2 nitrogen and oxygen atoms in total. The molecule has 1 N–H and O–H groups in total. The van der Waals surface area contributed by atoms with Crippen LogP contribution < -0.4 is 5.32 Å². The average Bonchev–Trinajstić information content (AvgIpc) is 2.16. The van der Waals surface area contributed by atoms with Crippen molar-refractivity contribution in [1.82, 2.24) is 5.32 Å². The molecule has 2 heteroatoms. The van der Waals surface area contributed by atoms with Crippen LogP contribution in [0.15, 0.2) is 41.4 Å². The third-order valence-corrected chi connectivity index (χ3v) is 1.71. The molecular weight excluding hydrogens is 172 g/mol. The minimum Gasteiger partial charge on any atom is -0.295 e. The molecule has 0 rings (SSSR count). The Hall–Kier alpha value is -1.15. The van der Waals surface area contributed by atoms with Crippen molar-refractivity contribution < 1.29 is 0 Å². The van der Waals surface area contributed by atoms with Crippen molar-refractivity contribution in [1.29, 1.82) is 0 Å². The molecule has 0 aromatic heterocycles. The van der Waals surface area contributed by atoms with E-state index in [1.54, 1.807) is 6.21 Å². The summed E-state index contributed by atoms with van der Waals surface area (Å²) in [5.74, 6) is 0. The monoisotopic (exact) mass is 192 g/mol. The second kappa shape index (κ2) is 8.45. The average molecular weight is 192 g/mol. The fraction of sp³-hybridized carbons (Fsp3) is 0.417. The molecule has 0 spiro atoms. The highest BCUT2D eigenvalue weighted by Gasteiger charge is 1.99. The van der Waals surface area contributed by atoms with Gasteiger partial charge in [-0.05, 0) is 39.0 Å². The molecule has 78 valence electrons. The van der Waals surface area contributed by atoms with Gasteiger partial charge in [0, 0.05) is 6.21 Å². The predicted molar refractivity (Wildman–Crippen MR) is 64.7 cm³/mol. The van der Waals surface area contributed by atoms with Crippen LogP contribution in [0, 0.1) is 0 Å². The number of likely N-dealkylation sites (N-methyl/N-ethyl adjacent to an activating group) is 1. The summed E-state index contributed by atoms with van der Waals surface area (Å²) in [5, 5.41) is 3.06. The van der Waals surface area contributed by atoms with E-state index in [-0.39, 0.29) is 6.17 Å². The van der Waals surface area contributed by atoms with Crippen molar-refractivity contribution in [2.24, 2.45) is 4.99 Å². The van der Waals surface area contributed by atoms with E-state index < -0.39 is 0 Å². The molecule has 0 aromatic carbocycles. The third kappa shape index (κ3) is 6.38. The highest BCUT2D eigenvalue weighted by molar-refractivity contribution is 5.71. The topological polar surface area (TPSA) is 24.4 Å². The quantitative estimate of drug-likeness (QED) is 0.508. The fourth-order valence-electron chi connectivity index (χ4n) is 0.938. The molecule has 1 atom stereocenters. The number of allylic oxidation sites excluding steroid dienone is 4. The third-order valence-electron chi connectivity index (χ3n) is 1.71. The van der Waals surface area contributed by atoms with Crippen molar-refractivity contribution >= 4 is 6.21 Å². The summed E-state index contributed by atoms with van der Waals surface area (Å²) in [7, 11) is 1.88. The van der Waals surface area contributed by atoms with Gasteiger partial charge in [-0.2, -0.15) is 0 Å². The zero-order valence-corrected chi connectivity index (χ0v) is 9.33. The molecule has 0 aliphatic carbocycles. The maximum Gasteiger partial charge on any atom is 0.120 e. The molecule has 0 saturated carbocycles. The first-order chi connectivity index (χ1) is 6.72. The molecule has 0 aliphatic heterocycles. The number of aliphatic imine (C=N–C) groups is 1. The number of hydrogen-bond acceptors (Lipinski definition) is 2. The van der Waals surface area contributed by atoms with Crippen LogP contribution in [0.4, 0.5) is 0 Å². The Bertz CT molecular complexity index is 237. The van der Waals surface area contributed by atoms with Crippen LogP contribution in [0.2, 0.25) is 0 Å². The smallest absolute Gasteiger partial charge is 0.120 e. The Balaban J connectivity index is 3.90. The highest BCUT2D eigenvalue weighted by Crippen LogP contribution is 1.97. The Morgan fingerprint density at radius 2 is 2.21 bits per heavy atom. The molecule has 14 heavy (non-hydrogen) atoms. The summed E-state index contributed by atoms with van der Waals surface area (Å²) < 4.78 is 0. The number of nitrogens with zero attached hydrogens (tertiary/aromatic N) is 1. The molecule has 0 aromatic rings. The molecule has 0 radical (unpaired) electrons. The lowest BCUT2D eigenvalue weighted by atomic mass is 10.3. The lowest BCUT2D eigenvalue weighted by Gasteiger charge is -2.08. The number of rotatable bonds is 6. The van der Waals surface area contributed by atoms with Crippen LogP contribution >= 0.6 is 0 Å². The molecular formula is C12H20N2. The molecule has 0 bridgehead atoms. The number of nitrogens with one attached hydrogen (secondary N) is 1. The van der Waals surface area contributed by atoms with Gasteiger partial charge in [-0.25, -0.2) is 0 Å². The molecule has 0 heterocycles. The summed E-state index contributed by atoms with van der Waals surface area (Å²) in [4.78, 5) is 4.29. The lowest BCUT2D eigenvalue weighted by molar-refractivity contribution is 0.671. The normalized spacial score (nSPS) is 14.5. The predicted octanol–water partition coefficient (Wildman–Crippen LogP) is 2.70. The van der Waals surface area contributed by atoms with E-state index in [0.717, 1.165) is 12.0 Å². The van der Waals surface area contributed by atoms with Gasteiger partial charge in [0.15, 0.2) is 0 Å². The van der Waals surface area contributed by atoms with Crippen LogP contribution in [0.25, 0.3) is 0 Å². The van der Waals surface area contributed by atoms with Gasteiger partial charge in [0.1, 0.15) is 6.17 Å². The number of hydrogen-bond donors (Lipinski definition) is 1. The van der Waals surface area contributed by atoms with E-state index in [9.17, 15) is 0 Å². The van der Waals surface area contributed by atoms with Crippen LogP contribution in [-0.4, -0.2) is 19.4 Å². The first-order valence-electron chi connectivity index (χ1n) is 4.84. The maximum atomic E-state index is 4.29. The van der Waals surface area contributed by atoms with E-state index in [4.69, 9.17) is 0 Å². The molecule has 0 fully saturated rings. The highest BCUT2D eigenvalue weighted by atomic mass is 15.0. The van der Waals surface area contributed by atoms with Crippen molar-refractivity contribution in [3.63, 3.8) is 0 Å².